The van der Waals surface area contributed by atoms with Crippen molar-refractivity contribution in [1.29, 1.82) is 0 Å². The highest BCUT2D eigenvalue weighted by Crippen LogP contribution is 2.29. The Bertz CT molecular complexity index is 174. The van der Waals surface area contributed by atoms with Crippen LogP contribution in [0.5, 0.6) is 0 Å². The van der Waals surface area contributed by atoms with Crippen LogP contribution in [0.1, 0.15) is 46.0 Å². The molecule has 1 saturated carbocycles. The van der Waals surface area contributed by atoms with Crippen LogP contribution in [0.3, 0.4) is 0 Å². The van der Waals surface area contributed by atoms with Crippen molar-refractivity contribution in [3.63, 3.8) is 0 Å². The molecule has 0 spiro atoms. The predicted molar refractivity (Wildman–Crippen MR) is 62.8 cm³/mol. The Morgan fingerprint density at radius 1 is 1.21 bits per heavy atom. The Kier molecular flexibility index (Phi) is 5.38. The summed E-state index contributed by atoms with van der Waals surface area (Å²) < 4.78 is 0. The van der Waals surface area contributed by atoms with Gasteiger partial charge in [-0.1, -0.05) is 31.0 Å². The summed E-state index contributed by atoms with van der Waals surface area (Å²) in [5, 5.41) is 0.874. The molecule has 0 radical (unpaired) electrons. The van der Waals surface area contributed by atoms with Gasteiger partial charge in [-0.2, -0.15) is 0 Å². The highest BCUT2D eigenvalue weighted by Gasteiger charge is 2.19. The maximum Gasteiger partial charge on any atom is 0.281 e. The minimum absolute atomic E-state index is 0.280. The van der Waals surface area contributed by atoms with Crippen molar-refractivity contribution in [3.8, 4) is 0 Å². The van der Waals surface area contributed by atoms with E-state index < -0.39 is 0 Å². The summed E-state index contributed by atoms with van der Waals surface area (Å²) in [6, 6.07) is 0. The van der Waals surface area contributed by atoms with E-state index in [0.717, 1.165) is 13.1 Å². The predicted octanol–water partition coefficient (Wildman–Crippen LogP) is 3.51. The topological polar surface area (TPSA) is 20.3 Å². The minimum Gasteiger partial charge on any atom is -0.334 e. The lowest BCUT2D eigenvalue weighted by atomic mass is 10.0. The van der Waals surface area contributed by atoms with Gasteiger partial charge >= 0.3 is 0 Å². The summed E-state index contributed by atoms with van der Waals surface area (Å²) in [6.07, 6.45) is 6.44. The van der Waals surface area contributed by atoms with Crippen LogP contribution in [0.4, 0.5) is 4.79 Å². The molecular formula is C11H21NOS. The van der Waals surface area contributed by atoms with E-state index >= 15 is 0 Å². The Balaban J connectivity index is 2.30. The van der Waals surface area contributed by atoms with E-state index in [1.54, 1.807) is 11.8 Å². The molecule has 0 aromatic rings. The van der Waals surface area contributed by atoms with Gasteiger partial charge in [-0.3, -0.25) is 4.79 Å². The highest BCUT2D eigenvalue weighted by atomic mass is 32.2. The Hall–Kier alpha value is -0.180. The van der Waals surface area contributed by atoms with Crippen LogP contribution in [0, 0.1) is 0 Å². The molecule has 0 aromatic carbocycles. The third-order valence-corrected chi connectivity index (χ3v) is 4.11. The first-order chi connectivity index (χ1) is 6.77. The average molecular weight is 215 g/mol. The fourth-order valence-electron chi connectivity index (χ4n) is 1.88. The van der Waals surface area contributed by atoms with Gasteiger partial charge in [0.1, 0.15) is 0 Å². The number of nitrogens with zero attached hydrogens (tertiary/aromatic N) is 1. The summed E-state index contributed by atoms with van der Waals surface area (Å²) in [6.45, 7) is 5.77. The van der Waals surface area contributed by atoms with Gasteiger partial charge in [-0.05, 0) is 26.7 Å². The molecule has 0 bridgehead atoms. The molecule has 0 atom stereocenters. The second-order valence-corrected chi connectivity index (χ2v) is 5.07. The maximum absolute atomic E-state index is 11.8. The number of rotatable bonds is 3. The molecule has 0 N–H and O–H groups in total. The number of carbonyl (C=O) groups is 1. The molecule has 2 nitrogen and oxygen atoms in total. The number of hydrogen-bond acceptors (Lipinski definition) is 2. The van der Waals surface area contributed by atoms with Gasteiger partial charge in [-0.15, -0.1) is 0 Å². The first kappa shape index (κ1) is 11.9. The van der Waals surface area contributed by atoms with Gasteiger partial charge < -0.3 is 4.90 Å². The molecule has 0 aliphatic heterocycles. The number of hydrogen-bond donors (Lipinski definition) is 0. The first-order valence-corrected chi connectivity index (χ1v) is 6.61. The lowest BCUT2D eigenvalue weighted by Gasteiger charge is -2.24. The molecule has 0 heterocycles. The molecular weight excluding hydrogens is 194 g/mol. The normalized spacial score (nSPS) is 18.1. The van der Waals surface area contributed by atoms with Gasteiger partial charge in [0.2, 0.25) is 0 Å². The zero-order valence-corrected chi connectivity index (χ0v) is 10.1. The van der Waals surface area contributed by atoms with E-state index in [0.29, 0.717) is 5.25 Å². The quantitative estimate of drug-likeness (QED) is 0.718. The molecule has 1 aliphatic rings. The van der Waals surface area contributed by atoms with Gasteiger partial charge in [0.15, 0.2) is 0 Å². The van der Waals surface area contributed by atoms with Gasteiger partial charge in [-0.25, -0.2) is 0 Å². The summed E-state index contributed by atoms with van der Waals surface area (Å²) in [7, 11) is 0. The summed E-state index contributed by atoms with van der Waals surface area (Å²) >= 11 is 1.56. The lowest BCUT2D eigenvalue weighted by molar-refractivity contribution is 0.228. The second kappa shape index (κ2) is 6.33. The lowest BCUT2D eigenvalue weighted by Crippen LogP contribution is -2.28. The van der Waals surface area contributed by atoms with Crippen molar-refractivity contribution in [2.45, 2.75) is 51.2 Å². The summed E-state index contributed by atoms with van der Waals surface area (Å²) in [5.41, 5.74) is 0. The van der Waals surface area contributed by atoms with Crippen LogP contribution >= 0.6 is 11.8 Å². The second-order valence-electron chi connectivity index (χ2n) is 3.82. The Morgan fingerprint density at radius 2 is 1.79 bits per heavy atom. The molecule has 1 fully saturated rings. The van der Waals surface area contributed by atoms with Crippen LogP contribution in [0.2, 0.25) is 0 Å². The third kappa shape index (κ3) is 3.52. The van der Waals surface area contributed by atoms with Crippen LogP contribution in [0.15, 0.2) is 0 Å². The number of thioether (sulfide) groups is 1. The van der Waals surface area contributed by atoms with E-state index in [1.807, 2.05) is 18.7 Å². The van der Waals surface area contributed by atoms with Gasteiger partial charge in [0.25, 0.3) is 5.24 Å². The third-order valence-electron chi connectivity index (χ3n) is 2.84. The van der Waals surface area contributed by atoms with E-state index in [-0.39, 0.29) is 5.24 Å². The molecule has 0 aromatic heterocycles. The average Bonchev–Trinajstić information content (AvgIpc) is 2.21. The molecule has 1 amide bonds. The largest absolute Gasteiger partial charge is 0.334 e. The van der Waals surface area contributed by atoms with Crippen LogP contribution in [-0.4, -0.2) is 28.5 Å². The summed E-state index contributed by atoms with van der Waals surface area (Å²) in [5.74, 6) is 0. The monoisotopic (exact) mass is 215 g/mol. The van der Waals surface area contributed by atoms with E-state index in [4.69, 9.17) is 0 Å². The van der Waals surface area contributed by atoms with Crippen molar-refractivity contribution in [3.05, 3.63) is 0 Å². The minimum atomic E-state index is 0.280. The van der Waals surface area contributed by atoms with E-state index in [9.17, 15) is 4.79 Å². The number of amides is 1. The van der Waals surface area contributed by atoms with Crippen molar-refractivity contribution in [1.82, 2.24) is 4.90 Å². The smallest absolute Gasteiger partial charge is 0.281 e. The van der Waals surface area contributed by atoms with E-state index in [1.165, 1.54) is 32.1 Å². The van der Waals surface area contributed by atoms with Gasteiger partial charge in [0.05, 0.1) is 0 Å². The fourth-order valence-corrected chi connectivity index (χ4v) is 3.14. The zero-order valence-electron chi connectivity index (χ0n) is 9.29. The molecule has 14 heavy (non-hydrogen) atoms. The molecule has 3 heteroatoms. The molecule has 1 rings (SSSR count). The van der Waals surface area contributed by atoms with Crippen LogP contribution in [-0.2, 0) is 0 Å². The molecule has 0 unspecified atom stereocenters. The summed E-state index contributed by atoms with van der Waals surface area (Å²) in [4.78, 5) is 13.7. The van der Waals surface area contributed by atoms with Crippen LogP contribution in [0.25, 0.3) is 0 Å². The highest BCUT2D eigenvalue weighted by molar-refractivity contribution is 8.14. The van der Waals surface area contributed by atoms with Crippen molar-refractivity contribution < 1.29 is 4.79 Å². The fraction of sp³-hybridized carbons (Fsp3) is 0.909. The number of carbonyl (C=O) groups excluding carboxylic acids is 1. The molecule has 0 saturated heterocycles. The Morgan fingerprint density at radius 3 is 2.29 bits per heavy atom. The SMILES string of the molecule is CCN(CC)C(=O)SC1CCCCC1. The van der Waals surface area contributed by atoms with Crippen LogP contribution < -0.4 is 0 Å². The first-order valence-electron chi connectivity index (χ1n) is 5.73. The van der Waals surface area contributed by atoms with Crippen molar-refractivity contribution in [2.75, 3.05) is 13.1 Å². The zero-order chi connectivity index (χ0) is 10.4. The van der Waals surface area contributed by atoms with Gasteiger partial charge in [0, 0.05) is 18.3 Å². The van der Waals surface area contributed by atoms with E-state index in [2.05, 4.69) is 0 Å². The van der Waals surface area contributed by atoms with Crippen molar-refractivity contribution in [2.24, 2.45) is 0 Å². The Labute approximate surface area is 91.4 Å². The molecule has 82 valence electrons. The van der Waals surface area contributed by atoms with Crippen molar-refractivity contribution >= 4 is 17.0 Å². The molecule has 1 aliphatic carbocycles. The maximum atomic E-state index is 11.8. The standard InChI is InChI=1S/C11H21NOS/c1-3-12(4-2)11(13)14-10-8-6-5-7-9-10/h10H,3-9H2,1-2H3.